The molecule has 0 heterocycles. The Morgan fingerprint density at radius 1 is 1.53 bits per heavy atom. The average molecular weight is 243 g/mol. The highest BCUT2D eigenvalue weighted by Crippen LogP contribution is 2.21. The van der Waals surface area contributed by atoms with Gasteiger partial charge in [0.1, 0.15) is 5.60 Å². The van der Waals surface area contributed by atoms with E-state index in [0.717, 1.165) is 0 Å². The smallest absolute Gasteiger partial charge is 0.434 e. The normalized spacial score (nSPS) is 23.8. The first kappa shape index (κ1) is 14.0. The Bertz CT molecular complexity index is 295. The molecule has 0 saturated carbocycles. The minimum Gasteiger partial charge on any atom is -0.442 e. The van der Waals surface area contributed by atoms with Crippen molar-refractivity contribution in [3.8, 4) is 0 Å². The van der Waals surface area contributed by atoms with Crippen LogP contribution in [0.1, 0.15) is 34.1 Å². The molecule has 0 bridgehead atoms. The first-order chi connectivity index (χ1) is 7.85. The number of ether oxygens (including phenoxy) is 2. The molecule has 0 saturated heterocycles. The fourth-order valence-corrected chi connectivity index (χ4v) is 1.66. The molecule has 1 rings (SSSR count). The second-order valence-corrected chi connectivity index (χ2v) is 4.98. The summed E-state index contributed by atoms with van der Waals surface area (Å²) in [5, 5.41) is 10.4. The molecule has 0 aromatic rings. The Morgan fingerprint density at radius 2 is 2.18 bits per heavy atom. The molecule has 5 nitrogen and oxygen atoms in total. The zero-order chi connectivity index (χ0) is 13.1. The lowest BCUT2D eigenvalue weighted by atomic mass is 10.2. The van der Waals surface area contributed by atoms with E-state index in [1.54, 1.807) is 20.8 Å². The Kier molecular flexibility index (Phi) is 4.54. The Balaban J connectivity index is 2.57. The van der Waals surface area contributed by atoms with Crippen LogP contribution >= 0.6 is 0 Å². The van der Waals surface area contributed by atoms with Gasteiger partial charge in [-0.05, 0) is 34.1 Å². The van der Waals surface area contributed by atoms with E-state index in [-0.39, 0.29) is 6.10 Å². The summed E-state index contributed by atoms with van der Waals surface area (Å²) in [6.45, 7) is 7.68. The first-order valence-corrected chi connectivity index (χ1v) is 5.84. The molecule has 0 radical (unpaired) electrons. The standard InChI is InChI=1S/C12H21NO4/c1-5-16-10-8-6-7-9(10)13(15)11(14)17-12(2,3)4/h6,8-10,15H,5,7H2,1-4H3/t9-,10-/m0/s1. The van der Waals surface area contributed by atoms with E-state index in [9.17, 15) is 10.0 Å². The molecule has 0 aromatic heterocycles. The van der Waals surface area contributed by atoms with E-state index in [2.05, 4.69) is 0 Å². The summed E-state index contributed by atoms with van der Waals surface area (Å²) in [6, 6.07) is -0.398. The van der Waals surface area contributed by atoms with Crippen molar-refractivity contribution in [1.29, 1.82) is 0 Å². The van der Waals surface area contributed by atoms with Crippen LogP contribution in [-0.2, 0) is 9.47 Å². The fraction of sp³-hybridized carbons (Fsp3) is 0.750. The first-order valence-electron chi connectivity index (χ1n) is 5.84. The SMILES string of the molecule is CCO[C@H]1C=CC[C@@H]1N(O)C(=O)OC(C)(C)C. The molecule has 0 unspecified atom stereocenters. The number of amides is 1. The minimum atomic E-state index is -0.740. The van der Waals surface area contributed by atoms with Gasteiger partial charge in [0, 0.05) is 6.61 Å². The summed E-state index contributed by atoms with van der Waals surface area (Å²) < 4.78 is 10.5. The van der Waals surface area contributed by atoms with Crippen molar-refractivity contribution < 1.29 is 19.5 Å². The van der Waals surface area contributed by atoms with E-state index < -0.39 is 17.7 Å². The summed E-state index contributed by atoms with van der Waals surface area (Å²) in [6.07, 6.45) is 3.30. The van der Waals surface area contributed by atoms with Gasteiger partial charge in [0.15, 0.2) is 0 Å². The average Bonchev–Trinajstić information content (AvgIpc) is 2.62. The van der Waals surface area contributed by atoms with E-state index in [0.29, 0.717) is 18.1 Å². The third kappa shape index (κ3) is 4.02. The van der Waals surface area contributed by atoms with Crippen LogP contribution in [0.5, 0.6) is 0 Å². The number of hydrogen-bond acceptors (Lipinski definition) is 4. The highest BCUT2D eigenvalue weighted by atomic mass is 16.6. The van der Waals surface area contributed by atoms with Gasteiger partial charge in [0.2, 0.25) is 0 Å². The quantitative estimate of drug-likeness (QED) is 0.469. The lowest BCUT2D eigenvalue weighted by Crippen LogP contribution is -2.45. The zero-order valence-corrected chi connectivity index (χ0v) is 10.8. The summed E-state index contributed by atoms with van der Waals surface area (Å²) >= 11 is 0. The van der Waals surface area contributed by atoms with Gasteiger partial charge in [-0.1, -0.05) is 12.2 Å². The van der Waals surface area contributed by atoms with Crippen molar-refractivity contribution in [3.05, 3.63) is 12.2 Å². The molecular weight excluding hydrogens is 222 g/mol. The Morgan fingerprint density at radius 3 is 2.71 bits per heavy atom. The molecule has 5 heteroatoms. The van der Waals surface area contributed by atoms with Crippen LogP contribution in [0.2, 0.25) is 0 Å². The molecule has 1 amide bonds. The molecule has 1 aliphatic rings. The van der Waals surface area contributed by atoms with Crippen LogP contribution in [0.25, 0.3) is 0 Å². The highest BCUT2D eigenvalue weighted by Gasteiger charge is 2.34. The van der Waals surface area contributed by atoms with Crippen LogP contribution in [-0.4, -0.2) is 40.7 Å². The topological polar surface area (TPSA) is 59.0 Å². The van der Waals surface area contributed by atoms with Gasteiger partial charge < -0.3 is 9.47 Å². The van der Waals surface area contributed by atoms with Crippen LogP contribution in [0.3, 0.4) is 0 Å². The van der Waals surface area contributed by atoms with Crippen molar-refractivity contribution in [1.82, 2.24) is 5.06 Å². The van der Waals surface area contributed by atoms with Crippen LogP contribution < -0.4 is 0 Å². The summed E-state index contributed by atoms with van der Waals surface area (Å²) in [5.41, 5.74) is -0.620. The van der Waals surface area contributed by atoms with Gasteiger partial charge in [-0.2, -0.15) is 5.06 Å². The summed E-state index contributed by atoms with van der Waals surface area (Å²) in [7, 11) is 0. The van der Waals surface area contributed by atoms with Crippen LogP contribution in [0.15, 0.2) is 12.2 Å². The van der Waals surface area contributed by atoms with Gasteiger partial charge in [-0.3, -0.25) is 5.21 Å². The van der Waals surface area contributed by atoms with Crippen LogP contribution in [0.4, 0.5) is 4.79 Å². The lowest BCUT2D eigenvalue weighted by molar-refractivity contribution is -0.140. The predicted octanol–water partition coefficient (Wildman–Crippen LogP) is 2.35. The van der Waals surface area contributed by atoms with E-state index in [1.165, 1.54) is 0 Å². The molecule has 0 aliphatic heterocycles. The highest BCUT2D eigenvalue weighted by molar-refractivity contribution is 5.67. The maximum atomic E-state index is 11.7. The largest absolute Gasteiger partial charge is 0.442 e. The number of nitrogens with zero attached hydrogens (tertiary/aromatic N) is 1. The molecule has 0 aromatic carbocycles. The lowest BCUT2D eigenvalue weighted by Gasteiger charge is -2.29. The van der Waals surface area contributed by atoms with Crippen molar-refractivity contribution in [2.24, 2.45) is 0 Å². The molecule has 1 N–H and O–H groups in total. The molecule has 0 spiro atoms. The number of carbonyl (C=O) groups excluding carboxylic acids is 1. The predicted molar refractivity (Wildman–Crippen MR) is 62.8 cm³/mol. The number of carbonyl (C=O) groups is 1. The van der Waals surface area contributed by atoms with E-state index in [4.69, 9.17) is 9.47 Å². The monoisotopic (exact) mass is 243 g/mol. The van der Waals surface area contributed by atoms with Crippen molar-refractivity contribution >= 4 is 6.09 Å². The number of rotatable bonds is 3. The molecule has 0 fully saturated rings. The number of hydrogen-bond donors (Lipinski definition) is 1. The third-order valence-corrected chi connectivity index (χ3v) is 2.34. The molecule has 17 heavy (non-hydrogen) atoms. The molecule has 98 valence electrons. The van der Waals surface area contributed by atoms with Crippen LogP contribution in [0, 0.1) is 0 Å². The minimum absolute atomic E-state index is 0.266. The van der Waals surface area contributed by atoms with Gasteiger partial charge in [-0.15, -0.1) is 0 Å². The Labute approximate surface area is 102 Å². The summed E-state index contributed by atoms with van der Waals surface area (Å²) in [4.78, 5) is 11.7. The molecule has 2 atom stereocenters. The van der Waals surface area contributed by atoms with E-state index >= 15 is 0 Å². The second-order valence-electron chi connectivity index (χ2n) is 4.98. The van der Waals surface area contributed by atoms with Gasteiger partial charge in [0.25, 0.3) is 0 Å². The van der Waals surface area contributed by atoms with Gasteiger partial charge >= 0.3 is 6.09 Å². The zero-order valence-electron chi connectivity index (χ0n) is 10.8. The number of hydroxylamine groups is 2. The van der Waals surface area contributed by atoms with Crippen molar-refractivity contribution in [2.45, 2.75) is 51.9 Å². The second kappa shape index (κ2) is 5.51. The van der Waals surface area contributed by atoms with Crippen molar-refractivity contribution in [3.63, 3.8) is 0 Å². The summed E-state index contributed by atoms with van der Waals surface area (Å²) in [5.74, 6) is 0. The fourth-order valence-electron chi connectivity index (χ4n) is 1.66. The van der Waals surface area contributed by atoms with Gasteiger partial charge in [0.05, 0.1) is 12.1 Å². The van der Waals surface area contributed by atoms with Gasteiger partial charge in [-0.25, -0.2) is 4.79 Å². The van der Waals surface area contributed by atoms with E-state index in [1.807, 2.05) is 19.1 Å². The third-order valence-electron chi connectivity index (χ3n) is 2.34. The maximum Gasteiger partial charge on any atom is 0.434 e. The van der Waals surface area contributed by atoms with Crippen molar-refractivity contribution in [2.75, 3.05) is 6.61 Å². The molecular formula is C12H21NO4. The Hall–Kier alpha value is -1.07. The molecule has 1 aliphatic carbocycles. The maximum absolute atomic E-state index is 11.7.